The molecule has 4 nitrogen and oxygen atoms in total. The highest BCUT2D eigenvalue weighted by Gasteiger charge is 2.11. The quantitative estimate of drug-likeness (QED) is 0.336. The third-order valence-corrected chi connectivity index (χ3v) is 3.17. The minimum atomic E-state index is 0.611. The monoisotopic (exact) mass is 329 g/mol. The van der Waals surface area contributed by atoms with Crippen LogP contribution in [0.2, 0.25) is 0 Å². The number of hydrogen-bond acceptors (Lipinski definition) is 4. The molecule has 0 radical (unpaired) electrons. The molecule has 0 unspecified atom stereocenters. The Morgan fingerprint density at radius 1 is 1.32 bits per heavy atom. The molecule has 1 aromatic carbocycles. The molecule has 0 fully saturated rings. The van der Waals surface area contributed by atoms with Crippen molar-refractivity contribution in [3.05, 3.63) is 22.2 Å². The predicted octanol–water partition coefficient (Wildman–Crippen LogP) is 4.22. The van der Waals surface area contributed by atoms with Crippen LogP contribution >= 0.6 is 15.9 Å². The van der Waals surface area contributed by atoms with Crippen molar-refractivity contribution in [1.29, 1.82) is 0 Å². The van der Waals surface area contributed by atoms with Crippen LogP contribution in [0.1, 0.15) is 38.2 Å². The standard InChI is InChI=1S/C14H20BrNO3/c1-3-4-5-6-7-19-14-11(10-16-17)8-12(15)9-13(14)18-2/h8-10,17H,3-7H2,1-2H3. The Kier molecular flexibility index (Phi) is 7.33. The van der Waals surface area contributed by atoms with Crippen molar-refractivity contribution < 1.29 is 14.7 Å². The third kappa shape index (κ3) is 5.11. The van der Waals surface area contributed by atoms with Crippen LogP contribution in [0.15, 0.2) is 21.8 Å². The lowest BCUT2D eigenvalue weighted by Crippen LogP contribution is -2.02. The highest BCUT2D eigenvalue weighted by molar-refractivity contribution is 9.10. The fraction of sp³-hybridized carbons (Fsp3) is 0.500. The van der Waals surface area contributed by atoms with E-state index in [1.54, 1.807) is 7.11 Å². The highest BCUT2D eigenvalue weighted by atomic mass is 79.9. The summed E-state index contributed by atoms with van der Waals surface area (Å²) in [7, 11) is 1.59. The molecule has 0 amide bonds. The number of methoxy groups -OCH3 is 1. The van der Waals surface area contributed by atoms with Crippen molar-refractivity contribution in [2.45, 2.75) is 32.6 Å². The van der Waals surface area contributed by atoms with E-state index in [9.17, 15) is 0 Å². The lowest BCUT2D eigenvalue weighted by atomic mass is 10.2. The van der Waals surface area contributed by atoms with Crippen molar-refractivity contribution in [1.82, 2.24) is 0 Å². The Hall–Kier alpha value is -1.23. The maximum Gasteiger partial charge on any atom is 0.170 e. The molecular formula is C14H20BrNO3. The Balaban J connectivity index is 2.78. The number of rotatable bonds is 8. The average molecular weight is 330 g/mol. The van der Waals surface area contributed by atoms with Gasteiger partial charge < -0.3 is 14.7 Å². The number of halogens is 1. The molecule has 0 aliphatic heterocycles. The first-order valence-corrected chi connectivity index (χ1v) is 7.20. The molecular weight excluding hydrogens is 310 g/mol. The molecule has 0 heterocycles. The normalized spacial score (nSPS) is 10.9. The van der Waals surface area contributed by atoms with Gasteiger partial charge in [0.1, 0.15) is 0 Å². The molecule has 0 atom stereocenters. The second-order valence-electron chi connectivity index (χ2n) is 4.18. The number of hydrogen-bond donors (Lipinski definition) is 1. The Morgan fingerprint density at radius 2 is 2.11 bits per heavy atom. The van der Waals surface area contributed by atoms with Crippen molar-refractivity contribution in [2.75, 3.05) is 13.7 Å². The van der Waals surface area contributed by atoms with Crippen molar-refractivity contribution in [2.24, 2.45) is 5.16 Å². The fourth-order valence-electron chi connectivity index (χ4n) is 1.76. The zero-order valence-corrected chi connectivity index (χ0v) is 12.9. The van der Waals surface area contributed by atoms with E-state index in [4.69, 9.17) is 14.7 Å². The van der Waals surface area contributed by atoms with Crippen molar-refractivity contribution >= 4 is 22.1 Å². The molecule has 0 aromatic heterocycles. The van der Waals surface area contributed by atoms with Crippen LogP contribution in [0.4, 0.5) is 0 Å². The SMILES string of the molecule is CCCCCCOc1c(C=NO)cc(Br)cc1OC. The van der Waals surface area contributed by atoms with E-state index in [1.807, 2.05) is 12.1 Å². The molecule has 0 saturated heterocycles. The number of ether oxygens (including phenoxy) is 2. The molecule has 0 saturated carbocycles. The summed E-state index contributed by atoms with van der Waals surface area (Å²) >= 11 is 3.38. The van der Waals surface area contributed by atoms with Crippen molar-refractivity contribution in [3.63, 3.8) is 0 Å². The third-order valence-electron chi connectivity index (χ3n) is 2.71. The summed E-state index contributed by atoms with van der Waals surface area (Å²) in [6.45, 7) is 2.80. The molecule has 0 aliphatic rings. The number of nitrogens with zero attached hydrogens (tertiary/aromatic N) is 1. The van der Waals surface area contributed by atoms with E-state index >= 15 is 0 Å². The van der Waals surface area contributed by atoms with E-state index in [2.05, 4.69) is 28.0 Å². The Morgan fingerprint density at radius 3 is 2.74 bits per heavy atom. The van der Waals surface area contributed by atoms with E-state index in [0.717, 1.165) is 17.3 Å². The first-order valence-electron chi connectivity index (χ1n) is 6.40. The van der Waals surface area contributed by atoms with Gasteiger partial charge in [0.2, 0.25) is 0 Å². The van der Waals surface area contributed by atoms with Crippen LogP contribution in [0.5, 0.6) is 11.5 Å². The van der Waals surface area contributed by atoms with Gasteiger partial charge in [0, 0.05) is 10.0 Å². The fourth-order valence-corrected chi connectivity index (χ4v) is 2.21. The van der Waals surface area contributed by atoms with Gasteiger partial charge in [-0.25, -0.2) is 0 Å². The first-order chi connectivity index (χ1) is 9.22. The maximum atomic E-state index is 8.70. The topological polar surface area (TPSA) is 51.0 Å². The zero-order valence-electron chi connectivity index (χ0n) is 11.4. The van der Waals surface area contributed by atoms with Crippen LogP contribution < -0.4 is 9.47 Å². The molecule has 19 heavy (non-hydrogen) atoms. The minimum absolute atomic E-state index is 0.611. The number of benzene rings is 1. The lowest BCUT2D eigenvalue weighted by molar-refractivity contribution is 0.284. The summed E-state index contributed by atoms with van der Waals surface area (Å²) in [5, 5.41) is 11.8. The summed E-state index contributed by atoms with van der Waals surface area (Å²) in [6, 6.07) is 3.65. The molecule has 1 aromatic rings. The van der Waals surface area contributed by atoms with Crippen LogP contribution in [-0.4, -0.2) is 25.1 Å². The van der Waals surface area contributed by atoms with Crippen LogP contribution in [0.3, 0.4) is 0 Å². The Labute approximate surface area is 122 Å². The summed E-state index contributed by atoms with van der Waals surface area (Å²) in [5.74, 6) is 1.24. The largest absolute Gasteiger partial charge is 0.493 e. The molecule has 0 aliphatic carbocycles. The van der Waals surface area contributed by atoms with Crippen LogP contribution in [0, 0.1) is 0 Å². The summed E-state index contributed by atoms with van der Waals surface area (Å²) in [4.78, 5) is 0. The van der Waals surface area contributed by atoms with Crippen molar-refractivity contribution in [3.8, 4) is 11.5 Å². The van der Waals surface area contributed by atoms with Gasteiger partial charge in [-0.3, -0.25) is 0 Å². The zero-order chi connectivity index (χ0) is 14.1. The second-order valence-corrected chi connectivity index (χ2v) is 5.10. The van der Waals surface area contributed by atoms with Gasteiger partial charge in [-0.05, 0) is 18.6 Å². The number of unbranched alkanes of at least 4 members (excludes halogenated alkanes) is 3. The van der Waals surface area contributed by atoms with E-state index in [0.29, 0.717) is 23.7 Å². The first kappa shape index (κ1) is 15.8. The van der Waals surface area contributed by atoms with E-state index < -0.39 is 0 Å². The van der Waals surface area contributed by atoms with E-state index in [-0.39, 0.29) is 0 Å². The highest BCUT2D eigenvalue weighted by Crippen LogP contribution is 2.34. The van der Waals surface area contributed by atoms with Crippen LogP contribution in [0.25, 0.3) is 0 Å². The average Bonchev–Trinajstić information content (AvgIpc) is 2.40. The molecule has 106 valence electrons. The van der Waals surface area contributed by atoms with Crippen LogP contribution in [-0.2, 0) is 0 Å². The smallest absolute Gasteiger partial charge is 0.170 e. The summed E-state index contributed by atoms with van der Waals surface area (Å²) in [6.07, 6.45) is 5.91. The number of oxime groups is 1. The van der Waals surface area contributed by atoms with Gasteiger partial charge in [-0.15, -0.1) is 0 Å². The van der Waals surface area contributed by atoms with Gasteiger partial charge in [-0.1, -0.05) is 47.3 Å². The molecule has 1 rings (SSSR count). The van der Waals surface area contributed by atoms with E-state index in [1.165, 1.54) is 19.1 Å². The molecule has 5 heteroatoms. The van der Waals surface area contributed by atoms with Gasteiger partial charge in [0.05, 0.1) is 19.9 Å². The maximum absolute atomic E-state index is 8.70. The summed E-state index contributed by atoms with van der Waals surface area (Å²) < 4.78 is 11.9. The van der Waals surface area contributed by atoms with Gasteiger partial charge in [0.25, 0.3) is 0 Å². The Bertz CT molecular complexity index is 421. The minimum Gasteiger partial charge on any atom is -0.493 e. The second kappa shape index (κ2) is 8.80. The van der Waals surface area contributed by atoms with Gasteiger partial charge in [0.15, 0.2) is 11.5 Å². The molecule has 1 N–H and O–H groups in total. The predicted molar refractivity (Wildman–Crippen MR) is 79.7 cm³/mol. The van der Waals surface area contributed by atoms with Gasteiger partial charge >= 0.3 is 0 Å². The molecule has 0 bridgehead atoms. The van der Waals surface area contributed by atoms with Gasteiger partial charge in [-0.2, -0.15) is 0 Å². The lowest BCUT2D eigenvalue weighted by Gasteiger charge is -2.13. The molecule has 0 spiro atoms. The summed E-state index contributed by atoms with van der Waals surface area (Å²) in [5.41, 5.74) is 0.684.